The average Bonchev–Trinajstić information content (AvgIpc) is 2.46. The van der Waals surface area contributed by atoms with Gasteiger partial charge in [-0.2, -0.15) is 11.8 Å². The van der Waals surface area contributed by atoms with E-state index in [1.54, 1.807) is 0 Å². The summed E-state index contributed by atoms with van der Waals surface area (Å²) in [4.78, 5) is 16.9. The first kappa shape index (κ1) is 17.1. The van der Waals surface area contributed by atoms with Crippen LogP contribution in [0.3, 0.4) is 0 Å². The van der Waals surface area contributed by atoms with E-state index in [0.29, 0.717) is 23.8 Å². The highest BCUT2D eigenvalue weighted by Crippen LogP contribution is 2.19. The van der Waals surface area contributed by atoms with Gasteiger partial charge in [-0.1, -0.05) is 20.8 Å². The number of amides is 1. The Labute approximate surface area is 134 Å². The Morgan fingerprint density at radius 1 is 1.24 bits per heavy atom. The number of carbonyl (C=O) groups is 1. The quantitative estimate of drug-likeness (QED) is 0.856. The van der Waals surface area contributed by atoms with Crippen molar-refractivity contribution >= 4 is 17.7 Å². The van der Waals surface area contributed by atoms with Crippen molar-refractivity contribution in [2.45, 2.75) is 39.7 Å². The third-order valence-electron chi connectivity index (χ3n) is 4.32. The first-order valence-electron chi connectivity index (χ1n) is 8.25. The lowest BCUT2D eigenvalue weighted by Gasteiger charge is -2.36. The Kier molecular flexibility index (Phi) is 6.38. The van der Waals surface area contributed by atoms with Gasteiger partial charge in [0.05, 0.1) is 0 Å². The second kappa shape index (κ2) is 7.84. The summed E-state index contributed by atoms with van der Waals surface area (Å²) in [6.07, 6.45) is 1.90. The molecule has 0 aromatic rings. The number of hydrogen-bond acceptors (Lipinski definition) is 4. The first-order chi connectivity index (χ1) is 9.94. The maximum atomic E-state index is 12.3. The zero-order chi connectivity index (χ0) is 15.3. The lowest BCUT2D eigenvalue weighted by molar-refractivity contribution is -0.133. The minimum Gasteiger partial charge on any atom is -0.340 e. The molecule has 1 atom stereocenters. The molecule has 4 nitrogen and oxygen atoms in total. The van der Waals surface area contributed by atoms with Crippen LogP contribution in [0.5, 0.6) is 0 Å². The number of hydrogen-bond donors (Lipinski definition) is 1. The zero-order valence-corrected chi connectivity index (χ0v) is 14.7. The Morgan fingerprint density at radius 2 is 1.95 bits per heavy atom. The standard InChI is InChI=1S/C16H31N3OS/c1-16(2,3)4-6-18-7-9-19(10-8-18)15(20)12-14-13-21-11-5-17-14/h14,17H,4-13H2,1-3H3. The van der Waals surface area contributed by atoms with E-state index in [1.807, 2.05) is 11.8 Å². The number of nitrogens with one attached hydrogen (secondary N) is 1. The van der Waals surface area contributed by atoms with E-state index in [9.17, 15) is 4.79 Å². The van der Waals surface area contributed by atoms with E-state index < -0.39 is 0 Å². The summed E-state index contributed by atoms with van der Waals surface area (Å²) in [6.45, 7) is 13.0. The lowest BCUT2D eigenvalue weighted by atomic mass is 9.92. The van der Waals surface area contributed by atoms with Crippen LogP contribution < -0.4 is 5.32 Å². The number of rotatable bonds is 4. The molecule has 0 aromatic carbocycles. The Hall–Kier alpha value is -0.260. The predicted octanol–water partition coefficient (Wildman–Crippen LogP) is 1.66. The van der Waals surface area contributed by atoms with Crippen LogP contribution in [-0.2, 0) is 4.79 Å². The maximum absolute atomic E-state index is 12.3. The number of piperazine rings is 1. The molecule has 2 aliphatic rings. The summed E-state index contributed by atoms with van der Waals surface area (Å²) >= 11 is 1.96. The third-order valence-corrected chi connectivity index (χ3v) is 5.45. The lowest BCUT2D eigenvalue weighted by Crippen LogP contribution is -2.51. The summed E-state index contributed by atoms with van der Waals surface area (Å²) in [7, 11) is 0. The van der Waals surface area contributed by atoms with Gasteiger partial charge in [-0.05, 0) is 18.4 Å². The van der Waals surface area contributed by atoms with Crippen molar-refractivity contribution in [3.8, 4) is 0 Å². The minimum absolute atomic E-state index is 0.338. The van der Waals surface area contributed by atoms with Crippen LogP contribution in [0.15, 0.2) is 0 Å². The van der Waals surface area contributed by atoms with Gasteiger partial charge in [0.2, 0.25) is 5.91 Å². The van der Waals surface area contributed by atoms with Gasteiger partial charge in [0.25, 0.3) is 0 Å². The van der Waals surface area contributed by atoms with Crippen molar-refractivity contribution in [3.05, 3.63) is 0 Å². The van der Waals surface area contributed by atoms with Gasteiger partial charge in [-0.15, -0.1) is 0 Å². The SMILES string of the molecule is CC(C)(C)CCN1CCN(C(=O)CC2CSCCN2)CC1. The van der Waals surface area contributed by atoms with Gasteiger partial charge in [0, 0.05) is 56.7 Å². The van der Waals surface area contributed by atoms with Gasteiger partial charge in [0.1, 0.15) is 0 Å². The fraction of sp³-hybridized carbons (Fsp3) is 0.938. The van der Waals surface area contributed by atoms with E-state index in [4.69, 9.17) is 0 Å². The molecule has 0 bridgehead atoms. The Balaban J connectivity index is 1.66. The molecule has 0 aliphatic carbocycles. The van der Waals surface area contributed by atoms with Crippen molar-refractivity contribution in [1.82, 2.24) is 15.1 Å². The van der Waals surface area contributed by atoms with Crippen LogP contribution in [0.4, 0.5) is 0 Å². The van der Waals surface area contributed by atoms with Gasteiger partial charge < -0.3 is 10.2 Å². The highest BCUT2D eigenvalue weighted by molar-refractivity contribution is 7.99. The molecule has 1 amide bonds. The fourth-order valence-electron chi connectivity index (χ4n) is 2.81. The molecule has 0 radical (unpaired) electrons. The summed E-state index contributed by atoms with van der Waals surface area (Å²) in [5.74, 6) is 2.60. The Bertz CT molecular complexity index is 329. The molecule has 2 fully saturated rings. The number of thioether (sulfide) groups is 1. The maximum Gasteiger partial charge on any atom is 0.224 e. The smallest absolute Gasteiger partial charge is 0.224 e. The van der Waals surface area contributed by atoms with Gasteiger partial charge in [-0.25, -0.2) is 0 Å². The molecule has 0 aromatic heterocycles. The summed E-state index contributed by atoms with van der Waals surface area (Å²) in [6, 6.07) is 0.384. The van der Waals surface area contributed by atoms with Gasteiger partial charge in [-0.3, -0.25) is 9.69 Å². The summed E-state index contributed by atoms with van der Waals surface area (Å²) in [5, 5.41) is 3.46. The minimum atomic E-state index is 0.338. The van der Waals surface area contributed by atoms with Crippen LogP contribution in [-0.4, -0.2) is 72.5 Å². The van der Waals surface area contributed by atoms with E-state index in [1.165, 1.54) is 12.2 Å². The molecule has 2 aliphatic heterocycles. The van der Waals surface area contributed by atoms with Crippen LogP contribution in [0, 0.1) is 5.41 Å². The van der Waals surface area contributed by atoms with Crippen LogP contribution >= 0.6 is 11.8 Å². The normalized spacial score (nSPS) is 25.1. The van der Waals surface area contributed by atoms with E-state index in [0.717, 1.165) is 45.0 Å². The predicted molar refractivity (Wildman–Crippen MR) is 90.8 cm³/mol. The molecular weight excluding hydrogens is 282 g/mol. The van der Waals surface area contributed by atoms with Crippen LogP contribution in [0.2, 0.25) is 0 Å². The van der Waals surface area contributed by atoms with Crippen molar-refractivity contribution < 1.29 is 4.79 Å². The molecule has 5 heteroatoms. The summed E-state index contributed by atoms with van der Waals surface area (Å²) in [5.41, 5.74) is 0.400. The van der Waals surface area contributed by atoms with Gasteiger partial charge >= 0.3 is 0 Å². The van der Waals surface area contributed by atoms with Crippen LogP contribution in [0.25, 0.3) is 0 Å². The molecule has 2 heterocycles. The van der Waals surface area contributed by atoms with Gasteiger partial charge in [0.15, 0.2) is 0 Å². The van der Waals surface area contributed by atoms with Crippen molar-refractivity contribution in [2.24, 2.45) is 5.41 Å². The second-order valence-corrected chi connectivity index (χ2v) is 8.61. The van der Waals surface area contributed by atoms with E-state index in [-0.39, 0.29) is 0 Å². The monoisotopic (exact) mass is 313 g/mol. The number of carbonyl (C=O) groups excluding carboxylic acids is 1. The first-order valence-corrected chi connectivity index (χ1v) is 9.41. The molecule has 1 unspecified atom stereocenters. The van der Waals surface area contributed by atoms with Crippen molar-refractivity contribution in [1.29, 1.82) is 0 Å². The van der Waals surface area contributed by atoms with Crippen molar-refractivity contribution in [3.63, 3.8) is 0 Å². The van der Waals surface area contributed by atoms with Crippen LogP contribution in [0.1, 0.15) is 33.6 Å². The molecule has 1 N–H and O–H groups in total. The molecule has 2 saturated heterocycles. The summed E-state index contributed by atoms with van der Waals surface area (Å²) < 4.78 is 0. The third kappa shape index (κ3) is 6.17. The zero-order valence-electron chi connectivity index (χ0n) is 13.9. The van der Waals surface area contributed by atoms with E-state index >= 15 is 0 Å². The number of nitrogens with zero attached hydrogens (tertiary/aromatic N) is 2. The molecule has 122 valence electrons. The molecule has 2 rings (SSSR count). The Morgan fingerprint density at radius 3 is 2.52 bits per heavy atom. The van der Waals surface area contributed by atoms with Crippen molar-refractivity contribution in [2.75, 3.05) is 50.8 Å². The fourth-order valence-corrected chi connectivity index (χ4v) is 3.75. The molecular formula is C16H31N3OS. The molecule has 21 heavy (non-hydrogen) atoms. The highest BCUT2D eigenvalue weighted by atomic mass is 32.2. The van der Waals surface area contributed by atoms with E-state index in [2.05, 4.69) is 35.9 Å². The highest BCUT2D eigenvalue weighted by Gasteiger charge is 2.24. The molecule has 0 spiro atoms. The molecule has 0 saturated carbocycles. The average molecular weight is 314 g/mol. The topological polar surface area (TPSA) is 35.6 Å². The largest absolute Gasteiger partial charge is 0.340 e. The second-order valence-electron chi connectivity index (χ2n) is 7.46.